The van der Waals surface area contributed by atoms with Crippen LogP contribution in [0.1, 0.15) is 49.3 Å². The lowest BCUT2D eigenvalue weighted by atomic mass is 9.83. The monoisotopic (exact) mass is 458 g/mol. The fraction of sp³-hybridized carbons (Fsp3) is 0.462. The number of rotatable bonds is 0. The van der Waals surface area contributed by atoms with Crippen molar-refractivity contribution in [2.24, 2.45) is 0 Å². The molecule has 2 aromatic carbocycles. The minimum absolute atomic E-state index is 0.216. The summed E-state index contributed by atoms with van der Waals surface area (Å²) in [5, 5.41) is 10.1. The van der Waals surface area contributed by atoms with Gasteiger partial charge in [-0.1, -0.05) is 30.3 Å². The smallest absolute Gasteiger partial charge is 0.165 e. The molecule has 0 aliphatic carbocycles. The summed E-state index contributed by atoms with van der Waals surface area (Å²) < 4.78 is 49.6. The molecule has 2 fully saturated rings. The Kier molecular flexibility index (Phi) is 6.12. The molecule has 1 N–H and O–H groups in total. The standard InChI is InChI=1S/C13H15FO3.C13H13FO2/c14-10-3-1-2-9-11(15)8-13(17-12(9)10)4-6-16-7-5-13;14-11-3-1-2-10-4-5-13(16-12(10)11)6-8-15-9-7-13/h1-3,11,15H,4-8H2;1-5H,6-9H2. The van der Waals surface area contributed by atoms with Gasteiger partial charge in [0, 0.05) is 43.2 Å². The fourth-order valence-electron chi connectivity index (χ4n) is 4.89. The van der Waals surface area contributed by atoms with Crippen LogP contribution in [0.5, 0.6) is 11.5 Å². The van der Waals surface area contributed by atoms with Gasteiger partial charge in [0.15, 0.2) is 23.1 Å². The Morgan fingerprint density at radius 3 is 2.15 bits per heavy atom. The molecule has 7 heteroatoms. The minimum Gasteiger partial charge on any atom is -0.484 e. The van der Waals surface area contributed by atoms with Gasteiger partial charge in [-0.15, -0.1) is 0 Å². The van der Waals surface area contributed by atoms with Gasteiger partial charge < -0.3 is 24.1 Å². The molecule has 5 nitrogen and oxygen atoms in total. The number of aliphatic hydroxyl groups is 1. The van der Waals surface area contributed by atoms with E-state index in [9.17, 15) is 13.9 Å². The van der Waals surface area contributed by atoms with Crippen molar-refractivity contribution >= 4 is 6.08 Å². The zero-order valence-corrected chi connectivity index (χ0v) is 18.4. The summed E-state index contributed by atoms with van der Waals surface area (Å²) in [6.07, 6.45) is 6.86. The summed E-state index contributed by atoms with van der Waals surface area (Å²) in [5.74, 6) is -0.0834. The van der Waals surface area contributed by atoms with E-state index in [1.165, 1.54) is 12.1 Å². The van der Waals surface area contributed by atoms with Crippen molar-refractivity contribution in [1.29, 1.82) is 0 Å². The number of hydrogen-bond donors (Lipinski definition) is 1. The van der Waals surface area contributed by atoms with Gasteiger partial charge in [0.05, 0.1) is 32.5 Å². The molecule has 4 aliphatic heterocycles. The van der Waals surface area contributed by atoms with Crippen LogP contribution in [-0.4, -0.2) is 42.7 Å². The second-order valence-corrected chi connectivity index (χ2v) is 9.05. The van der Waals surface area contributed by atoms with Crippen LogP contribution in [0.4, 0.5) is 8.78 Å². The first-order valence-corrected chi connectivity index (χ1v) is 11.5. The van der Waals surface area contributed by atoms with Crippen molar-refractivity contribution in [3.05, 3.63) is 65.2 Å². The maximum Gasteiger partial charge on any atom is 0.165 e. The number of benzene rings is 2. The Balaban J connectivity index is 0.000000139. The number of fused-ring (bicyclic) bond motifs is 2. The lowest BCUT2D eigenvalue weighted by Crippen LogP contribution is -2.45. The maximum absolute atomic E-state index is 13.7. The highest BCUT2D eigenvalue weighted by Crippen LogP contribution is 2.45. The van der Waals surface area contributed by atoms with Crippen molar-refractivity contribution < 1.29 is 32.8 Å². The van der Waals surface area contributed by atoms with E-state index < -0.39 is 17.5 Å². The Hall–Kier alpha value is -2.48. The van der Waals surface area contributed by atoms with Gasteiger partial charge in [-0.3, -0.25) is 0 Å². The van der Waals surface area contributed by atoms with Crippen LogP contribution < -0.4 is 9.47 Å². The van der Waals surface area contributed by atoms with Crippen LogP contribution in [0.25, 0.3) is 6.08 Å². The highest BCUT2D eigenvalue weighted by Gasteiger charge is 2.42. The van der Waals surface area contributed by atoms with E-state index in [4.69, 9.17) is 18.9 Å². The summed E-state index contributed by atoms with van der Waals surface area (Å²) in [5.41, 5.74) is 0.569. The van der Waals surface area contributed by atoms with Crippen LogP contribution >= 0.6 is 0 Å². The zero-order chi connectivity index (χ0) is 22.9. The molecule has 176 valence electrons. The van der Waals surface area contributed by atoms with Crippen molar-refractivity contribution in [2.75, 3.05) is 26.4 Å². The normalized spacial score (nSPS) is 24.0. The van der Waals surface area contributed by atoms with E-state index >= 15 is 0 Å². The van der Waals surface area contributed by atoms with Crippen LogP contribution in [0.15, 0.2) is 42.5 Å². The van der Waals surface area contributed by atoms with E-state index in [2.05, 4.69) is 0 Å². The minimum atomic E-state index is -0.646. The first kappa shape index (κ1) is 22.3. The number of hydrogen-bond acceptors (Lipinski definition) is 5. The number of para-hydroxylation sites is 2. The predicted molar refractivity (Wildman–Crippen MR) is 118 cm³/mol. The molecule has 0 amide bonds. The molecule has 0 bridgehead atoms. The second-order valence-electron chi connectivity index (χ2n) is 9.05. The van der Waals surface area contributed by atoms with E-state index in [0.717, 1.165) is 18.4 Å². The summed E-state index contributed by atoms with van der Waals surface area (Å²) >= 11 is 0. The molecule has 2 saturated heterocycles. The molecule has 1 atom stereocenters. The van der Waals surface area contributed by atoms with Crippen LogP contribution in [0, 0.1) is 11.6 Å². The number of halogens is 2. The van der Waals surface area contributed by atoms with E-state index in [1.807, 2.05) is 18.2 Å². The molecule has 0 saturated carbocycles. The van der Waals surface area contributed by atoms with Crippen molar-refractivity contribution in [1.82, 2.24) is 0 Å². The molecular weight excluding hydrogens is 430 g/mol. The lowest BCUT2D eigenvalue weighted by Gasteiger charge is -2.43. The molecule has 4 aliphatic rings. The van der Waals surface area contributed by atoms with Crippen molar-refractivity contribution in [3.8, 4) is 11.5 Å². The van der Waals surface area contributed by atoms with Gasteiger partial charge in [0.1, 0.15) is 11.2 Å². The Bertz CT molecular complexity index is 1030. The molecule has 6 rings (SSSR count). The molecule has 0 radical (unpaired) electrons. The van der Waals surface area contributed by atoms with Crippen molar-refractivity contribution in [2.45, 2.75) is 49.4 Å². The van der Waals surface area contributed by atoms with Crippen LogP contribution in [0.3, 0.4) is 0 Å². The lowest BCUT2D eigenvalue weighted by molar-refractivity contribution is -0.0858. The molecule has 2 spiro atoms. The SMILES string of the molecule is Fc1cccc2c1OC1(C=C2)CCOCC1.OC1CC2(CCOCC2)Oc2c(F)cccc21. The first-order chi connectivity index (χ1) is 16.0. The summed E-state index contributed by atoms with van der Waals surface area (Å²) in [7, 11) is 0. The highest BCUT2D eigenvalue weighted by atomic mass is 19.1. The van der Waals surface area contributed by atoms with E-state index in [-0.39, 0.29) is 17.2 Å². The topological polar surface area (TPSA) is 57.2 Å². The van der Waals surface area contributed by atoms with Gasteiger partial charge in [0.25, 0.3) is 0 Å². The third-order valence-electron chi connectivity index (χ3n) is 6.85. The predicted octanol–water partition coefficient (Wildman–Crippen LogP) is 4.97. The summed E-state index contributed by atoms with van der Waals surface area (Å²) in [6.45, 7) is 2.56. The van der Waals surface area contributed by atoms with E-state index in [1.54, 1.807) is 18.2 Å². The van der Waals surface area contributed by atoms with Gasteiger partial charge in [-0.05, 0) is 18.2 Å². The fourth-order valence-corrected chi connectivity index (χ4v) is 4.89. The third kappa shape index (κ3) is 4.50. The number of aliphatic hydroxyl groups excluding tert-OH is 1. The molecule has 2 aromatic rings. The molecule has 0 aromatic heterocycles. The Morgan fingerprint density at radius 2 is 1.42 bits per heavy atom. The Morgan fingerprint density at radius 1 is 0.788 bits per heavy atom. The van der Waals surface area contributed by atoms with Crippen LogP contribution in [-0.2, 0) is 9.47 Å². The summed E-state index contributed by atoms with van der Waals surface area (Å²) in [6, 6.07) is 9.68. The molecular formula is C26H28F2O5. The molecule has 33 heavy (non-hydrogen) atoms. The van der Waals surface area contributed by atoms with Gasteiger partial charge in [-0.2, -0.15) is 0 Å². The van der Waals surface area contributed by atoms with E-state index in [0.29, 0.717) is 57.0 Å². The first-order valence-electron chi connectivity index (χ1n) is 11.5. The maximum atomic E-state index is 13.7. The van der Waals surface area contributed by atoms with Crippen LogP contribution in [0.2, 0.25) is 0 Å². The number of ether oxygens (including phenoxy) is 4. The van der Waals surface area contributed by atoms with Crippen molar-refractivity contribution in [3.63, 3.8) is 0 Å². The highest BCUT2D eigenvalue weighted by molar-refractivity contribution is 5.61. The summed E-state index contributed by atoms with van der Waals surface area (Å²) in [4.78, 5) is 0. The van der Waals surface area contributed by atoms with Gasteiger partial charge >= 0.3 is 0 Å². The average molecular weight is 459 g/mol. The second kappa shape index (κ2) is 9.05. The third-order valence-corrected chi connectivity index (χ3v) is 6.85. The van der Waals surface area contributed by atoms with Gasteiger partial charge in [0.2, 0.25) is 0 Å². The van der Waals surface area contributed by atoms with Gasteiger partial charge in [-0.25, -0.2) is 8.78 Å². The average Bonchev–Trinajstić information content (AvgIpc) is 2.82. The molecule has 4 heterocycles. The largest absolute Gasteiger partial charge is 0.484 e. The quantitative estimate of drug-likeness (QED) is 0.604. The zero-order valence-electron chi connectivity index (χ0n) is 18.4. The molecule has 1 unspecified atom stereocenters. The Labute approximate surface area is 191 Å².